The van der Waals surface area contributed by atoms with Crippen LogP contribution in [0.1, 0.15) is 44.2 Å². The minimum atomic E-state index is -0.170. The van der Waals surface area contributed by atoms with Gasteiger partial charge in [0.1, 0.15) is 5.82 Å². The van der Waals surface area contributed by atoms with E-state index in [4.69, 9.17) is 0 Å². The van der Waals surface area contributed by atoms with Crippen molar-refractivity contribution in [2.45, 2.75) is 38.6 Å². The molecule has 2 rings (SSSR count). The Balaban J connectivity index is 2.09. The van der Waals surface area contributed by atoms with Crippen molar-refractivity contribution in [1.29, 1.82) is 0 Å². The van der Waals surface area contributed by atoms with Gasteiger partial charge in [0.05, 0.1) is 4.47 Å². The Morgan fingerprint density at radius 1 is 1.47 bits per heavy atom. The van der Waals surface area contributed by atoms with E-state index < -0.39 is 0 Å². The SMILES string of the molecule is CCNC(CCC1CC1)c1cccc(F)c1Br. The lowest BCUT2D eigenvalue weighted by molar-refractivity contribution is 0.476. The average Bonchev–Trinajstić information content (AvgIpc) is 3.12. The lowest BCUT2D eigenvalue weighted by Gasteiger charge is -2.20. The Bertz CT molecular complexity index is 376. The van der Waals surface area contributed by atoms with Crippen molar-refractivity contribution in [3.05, 3.63) is 34.1 Å². The fourth-order valence-electron chi connectivity index (χ4n) is 2.21. The van der Waals surface area contributed by atoms with Gasteiger partial charge in [-0.05, 0) is 52.9 Å². The van der Waals surface area contributed by atoms with Crippen LogP contribution in [0.4, 0.5) is 4.39 Å². The van der Waals surface area contributed by atoms with Gasteiger partial charge >= 0.3 is 0 Å². The number of nitrogens with one attached hydrogen (secondary N) is 1. The van der Waals surface area contributed by atoms with Crippen molar-refractivity contribution in [2.75, 3.05) is 6.54 Å². The molecule has 0 amide bonds. The van der Waals surface area contributed by atoms with Crippen LogP contribution in [0.25, 0.3) is 0 Å². The highest BCUT2D eigenvalue weighted by molar-refractivity contribution is 9.10. The monoisotopic (exact) mass is 299 g/mol. The standard InChI is InChI=1S/C14H19BrFN/c1-2-17-13(9-8-10-6-7-10)11-4-3-5-12(16)14(11)15/h3-5,10,13,17H,2,6-9H2,1H3. The summed E-state index contributed by atoms with van der Waals surface area (Å²) in [5.41, 5.74) is 1.05. The van der Waals surface area contributed by atoms with Gasteiger partial charge < -0.3 is 5.32 Å². The van der Waals surface area contributed by atoms with E-state index in [1.165, 1.54) is 25.3 Å². The molecule has 1 saturated carbocycles. The molecule has 1 N–H and O–H groups in total. The van der Waals surface area contributed by atoms with E-state index in [-0.39, 0.29) is 11.9 Å². The van der Waals surface area contributed by atoms with Crippen LogP contribution in [0.15, 0.2) is 22.7 Å². The summed E-state index contributed by atoms with van der Waals surface area (Å²) >= 11 is 3.36. The summed E-state index contributed by atoms with van der Waals surface area (Å²) in [5.74, 6) is 0.750. The highest BCUT2D eigenvalue weighted by atomic mass is 79.9. The van der Waals surface area contributed by atoms with Crippen LogP contribution in [0.2, 0.25) is 0 Å². The minimum absolute atomic E-state index is 0.170. The molecule has 0 aliphatic heterocycles. The third-order valence-corrected chi connectivity index (χ3v) is 4.20. The second-order valence-electron chi connectivity index (χ2n) is 4.77. The molecule has 0 spiro atoms. The number of hydrogen-bond acceptors (Lipinski definition) is 1. The summed E-state index contributed by atoms with van der Waals surface area (Å²) in [6, 6.07) is 5.56. The number of hydrogen-bond donors (Lipinski definition) is 1. The molecule has 17 heavy (non-hydrogen) atoms. The smallest absolute Gasteiger partial charge is 0.137 e. The molecule has 1 fully saturated rings. The summed E-state index contributed by atoms with van der Waals surface area (Å²) in [6.45, 7) is 3.01. The van der Waals surface area contributed by atoms with Gasteiger partial charge in [0.25, 0.3) is 0 Å². The van der Waals surface area contributed by atoms with Gasteiger partial charge in [-0.3, -0.25) is 0 Å². The van der Waals surface area contributed by atoms with Crippen LogP contribution in [0.3, 0.4) is 0 Å². The third-order valence-electron chi connectivity index (χ3n) is 3.37. The predicted molar refractivity (Wildman–Crippen MR) is 72.5 cm³/mol. The third kappa shape index (κ3) is 3.52. The highest BCUT2D eigenvalue weighted by Gasteiger charge is 2.23. The molecule has 0 saturated heterocycles. The Morgan fingerprint density at radius 2 is 2.24 bits per heavy atom. The predicted octanol–water partition coefficient (Wildman–Crippen LogP) is 4.43. The summed E-state index contributed by atoms with van der Waals surface area (Å²) < 4.78 is 14.1. The zero-order valence-electron chi connectivity index (χ0n) is 10.2. The fourth-order valence-corrected chi connectivity index (χ4v) is 2.75. The molecule has 3 heteroatoms. The molecule has 1 aliphatic carbocycles. The van der Waals surface area contributed by atoms with Gasteiger partial charge in [-0.15, -0.1) is 0 Å². The van der Waals surface area contributed by atoms with Crippen molar-refractivity contribution in [1.82, 2.24) is 5.32 Å². The summed E-state index contributed by atoms with van der Waals surface area (Å²) in [4.78, 5) is 0. The second kappa shape index (κ2) is 5.96. The Morgan fingerprint density at radius 3 is 2.88 bits per heavy atom. The lowest BCUT2D eigenvalue weighted by Crippen LogP contribution is -2.21. The largest absolute Gasteiger partial charge is 0.310 e. The molecule has 0 heterocycles. The zero-order valence-corrected chi connectivity index (χ0v) is 11.8. The maximum atomic E-state index is 13.5. The topological polar surface area (TPSA) is 12.0 Å². The molecule has 1 aliphatic rings. The molecule has 94 valence electrons. The molecule has 1 aromatic carbocycles. The lowest BCUT2D eigenvalue weighted by atomic mass is 10.0. The summed E-state index contributed by atoms with van der Waals surface area (Å²) in [6.07, 6.45) is 5.10. The Kier molecular flexibility index (Phi) is 4.57. The van der Waals surface area contributed by atoms with E-state index >= 15 is 0 Å². The normalized spacial score (nSPS) is 17.1. The molecule has 0 bridgehead atoms. The van der Waals surface area contributed by atoms with E-state index in [0.29, 0.717) is 4.47 Å². The van der Waals surface area contributed by atoms with Gasteiger partial charge in [-0.1, -0.05) is 31.9 Å². The number of halogens is 2. The van der Waals surface area contributed by atoms with Gasteiger partial charge in [-0.2, -0.15) is 0 Å². The molecule has 1 unspecified atom stereocenters. The first kappa shape index (κ1) is 13.0. The van der Waals surface area contributed by atoms with Crippen molar-refractivity contribution < 1.29 is 4.39 Å². The van der Waals surface area contributed by atoms with Crippen LogP contribution < -0.4 is 5.32 Å². The first-order valence-corrected chi connectivity index (χ1v) is 7.19. The van der Waals surface area contributed by atoms with Crippen molar-refractivity contribution in [2.24, 2.45) is 5.92 Å². The van der Waals surface area contributed by atoms with E-state index in [0.717, 1.165) is 24.4 Å². The van der Waals surface area contributed by atoms with Gasteiger partial charge in [0.2, 0.25) is 0 Å². The highest BCUT2D eigenvalue weighted by Crippen LogP contribution is 2.37. The van der Waals surface area contributed by atoms with Crippen LogP contribution in [0.5, 0.6) is 0 Å². The maximum absolute atomic E-state index is 13.5. The first-order valence-electron chi connectivity index (χ1n) is 6.39. The Labute approximate surface area is 111 Å². The van der Waals surface area contributed by atoms with Crippen LogP contribution in [0, 0.1) is 11.7 Å². The maximum Gasteiger partial charge on any atom is 0.137 e. The quantitative estimate of drug-likeness (QED) is 0.819. The first-order chi connectivity index (χ1) is 8.22. The molecule has 0 radical (unpaired) electrons. The summed E-state index contributed by atoms with van der Waals surface area (Å²) in [7, 11) is 0. The van der Waals surface area contributed by atoms with Crippen LogP contribution in [-0.2, 0) is 0 Å². The summed E-state index contributed by atoms with van der Waals surface area (Å²) in [5, 5.41) is 3.45. The van der Waals surface area contributed by atoms with E-state index in [2.05, 4.69) is 28.2 Å². The van der Waals surface area contributed by atoms with Crippen LogP contribution >= 0.6 is 15.9 Å². The molecular formula is C14H19BrFN. The number of rotatable bonds is 6. The van der Waals surface area contributed by atoms with Crippen molar-refractivity contribution >= 4 is 15.9 Å². The molecule has 1 atom stereocenters. The molecule has 0 aromatic heterocycles. The average molecular weight is 300 g/mol. The fraction of sp³-hybridized carbons (Fsp3) is 0.571. The van der Waals surface area contributed by atoms with E-state index in [1.54, 1.807) is 6.07 Å². The van der Waals surface area contributed by atoms with E-state index in [9.17, 15) is 4.39 Å². The number of benzene rings is 1. The van der Waals surface area contributed by atoms with Crippen LogP contribution in [-0.4, -0.2) is 6.54 Å². The molecule has 1 aromatic rings. The van der Waals surface area contributed by atoms with Gasteiger partial charge in [-0.25, -0.2) is 4.39 Å². The molecular weight excluding hydrogens is 281 g/mol. The molecule has 1 nitrogen and oxygen atoms in total. The van der Waals surface area contributed by atoms with Crippen molar-refractivity contribution in [3.63, 3.8) is 0 Å². The second-order valence-corrected chi connectivity index (χ2v) is 5.57. The minimum Gasteiger partial charge on any atom is -0.310 e. The Hall–Kier alpha value is -0.410. The van der Waals surface area contributed by atoms with Crippen molar-refractivity contribution in [3.8, 4) is 0 Å². The van der Waals surface area contributed by atoms with Gasteiger partial charge in [0, 0.05) is 6.04 Å². The zero-order chi connectivity index (χ0) is 12.3. The van der Waals surface area contributed by atoms with E-state index in [1.807, 2.05) is 6.07 Å². The van der Waals surface area contributed by atoms with Gasteiger partial charge in [0.15, 0.2) is 0 Å².